The minimum Gasteiger partial charge on any atom is -0.396 e. The number of carbonyl (C=O) groups is 1. The van der Waals surface area contributed by atoms with Gasteiger partial charge < -0.3 is 10.4 Å². The Balaban J connectivity index is 2.16. The maximum absolute atomic E-state index is 12.4. The van der Waals surface area contributed by atoms with E-state index >= 15 is 0 Å². The number of hydrogen-bond acceptors (Lipinski definition) is 5. The molecule has 0 aliphatic heterocycles. The molecule has 0 aliphatic rings. The Morgan fingerprint density at radius 2 is 2.08 bits per heavy atom. The van der Waals surface area contributed by atoms with Gasteiger partial charge in [0.1, 0.15) is 5.69 Å². The SMILES string of the molecule is Cc1nn(C)c(C(=O)NCC(CCO)c2ccccc2)c1[N+](=O)[O-]. The highest BCUT2D eigenvalue weighted by molar-refractivity contribution is 5.96. The Morgan fingerprint density at radius 3 is 2.67 bits per heavy atom. The molecule has 8 heteroatoms. The van der Waals surface area contributed by atoms with Gasteiger partial charge >= 0.3 is 5.69 Å². The number of carbonyl (C=O) groups excluding carboxylic acids is 1. The fourth-order valence-corrected chi connectivity index (χ4v) is 2.69. The molecule has 1 aromatic heterocycles. The number of benzene rings is 1. The number of hydrogen-bond donors (Lipinski definition) is 2. The van der Waals surface area contributed by atoms with E-state index in [2.05, 4.69) is 10.4 Å². The molecule has 1 atom stereocenters. The first-order valence-electron chi connectivity index (χ1n) is 7.57. The minimum absolute atomic E-state index is 0.0135. The first kappa shape index (κ1) is 17.6. The maximum atomic E-state index is 12.4. The van der Waals surface area contributed by atoms with Crippen molar-refractivity contribution in [1.29, 1.82) is 0 Å². The highest BCUT2D eigenvalue weighted by Crippen LogP contribution is 2.23. The highest BCUT2D eigenvalue weighted by Gasteiger charge is 2.29. The van der Waals surface area contributed by atoms with Crippen LogP contribution in [0.3, 0.4) is 0 Å². The van der Waals surface area contributed by atoms with Crippen molar-refractivity contribution in [2.24, 2.45) is 7.05 Å². The van der Waals surface area contributed by atoms with Gasteiger partial charge in [-0.15, -0.1) is 0 Å². The van der Waals surface area contributed by atoms with Crippen LogP contribution in [0.4, 0.5) is 5.69 Å². The van der Waals surface area contributed by atoms with Gasteiger partial charge in [-0.3, -0.25) is 19.6 Å². The molecule has 8 nitrogen and oxygen atoms in total. The van der Waals surface area contributed by atoms with Crippen LogP contribution in [0.25, 0.3) is 0 Å². The number of amides is 1. The molecule has 1 aromatic carbocycles. The zero-order chi connectivity index (χ0) is 17.7. The van der Waals surface area contributed by atoms with Gasteiger partial charge in [-0.1, -0.05) is 30.3 Å². The Morgan fingerprint density at radius 1 is 1.42 bits per heavy atom. The summed E-state index contributed by atoms with van der Waals surface area (Å²) in [5.41, 5.74) is 0.826. The van der Waals surface area contributed by atoms with Crippen LogP contribution in [-0.4, -0.2) is 38.9 Å². The average Bonchev–Trinajstić information content (AvgIpc) is 2.86. The van der Waals surface area contributed by atoms with Gasteiger partial charge in [-0.2, -0.15) is 5.10 Å². The molecule has 1 heterocycles. The Kier molecular flexibility index (Phi) is 5.64. The number of aryl methyl sites for hydroxylation is 2. The van der Waals surface area contributed by atoms with E-state index in [1.807, 2.05) is 30.3 Å². The molecule has 0 radical (unpaired) electrons. The molecule has 0 fully saturated rings. The summed E-state index contributed by atoms with van der Waals surface area (Å²) < 4.78 is 1.21. The van der Waals surface area contributed by atoms with E-state index in [0.717, 1.165) is 5.56 Å². The summed E-state index contributed by atoms with van der Waals surface area (Å²) >= 11 is 0. The summed E-state index contributed by atoms with van der Waals surface area (Å²) in [5.74, 6) is -0.628. The number of aliphatic hydroxyl groups is 1. The van der Waals surface area contributed by atoms with Gasteiger partial charge in [0.15, 0.2) is 0 Å². The number of nitro groups is 1. The molecule has 2 rings (SSSR count). The summed E-state index contributed by atoms with van der Waals surface area (Å²) in [7, 11) is 1.50. The van der Waals surface area contributed by atoms with Gasteiger partial charge in [0.2, 0.25) is 5.69 Å². The fourth-order valence-electron chi connectivity index (χ4n) is 2.69. The predicted molar refractivity (Wildman–Crippen MR) is 87.8 cm³/mol. The van der Waals surface area contributed by atoms with E-state index in [1.54, 1.807) is 0 Å². The quantitative estimate of drug-likeness (QED) is 0.590. The second-order valence-corrected chi connectivity index (χ2v) is 5.49. The fraction of sp³-hybridized carbons (Fsp3) is 0.375. The Hall–Kier alpha value is -2.74. The monoisotopic (exact) mass is 332 g/mol. The van der Waals surface area contributed by atoms with Crippen molar-refractivity contribution in [3.8, 4) is 0 Å². The summed E-state index contributed by atoms with van der Waals surface area (Å²) in [6.45, 7) is 1.75. The van der Waals surface area contributed by atoms with Crippen molar-refractivity contribution in [3.63, 3.8) is 0 Å². The second kappa shape index (κ2) is 7.69. The van der Waals surface area contributed by atoms with Crippen LogP contribution in [0.15, 0.2) is 30.3 Å². The van der Waals surface area contributed by atoms with Gasteiger partial charge in [0.05, 0.1) is 4.92 Å². The van der Waals surface area contributed by atoms with Crippen molar-refractivity contribution >= 4 is 11.6 Å². The number of aromatic nitrogens is 2. The van der Waals surface area contributed by atoms with Crippen LogP contribution in [-0.2, 0) is 7.05 Å². The van der Waals surface area contributed by atoms with E-state index in [-0.39, 0.29) is 36.1 Å². The normalized spacial score (nSPS) is 12.0. The van der Waals surface area contributed by atoms with Crippen molar-refractivity contribution in [2.45, 2.75) is 19.3 Å². The largest absolute Gasteiger partial charge is 0.396 e. The summed E-state index contributed by atoms with van der Waals surface area (Å²) in [5, 5.41) is 27.1. The van der Waals surface area contributed by atoms with E-state index in [9.17, 15) is 20.0 Å². The van der Waals surface area contributed by atoms with Crippen molar-refractivity contribution in [3.05, 3.63) is 57.4 Å². The van der Waals surface area contributed by atoms with Crippen LogP contribution in [0.1, 0.15) is 34.1 Å². The standard InChI is InChI=1S/C16H20N4O4/c1-11-14(20(23)24)15(19(2)18-11)16(22)17-10-13(8-9-21)12-6-4-3-5-7-12/h3-7,13,21H,8-10H2,1-2H3,(H,17,22). The van der Waals surface area contributed by atoms with Crippen molar-refractivity contribution < 1.29 is 14.8 Å². The first-order chi connectivity index (χ1) is 11.5. The average molecular weight is 332 g/mol. The molecule has 128 valence electrons. The molecule has 1 amide bonds. The number of aliphatic hydroxyl groups excluding tert-OH is 1. The van der Waals surface area contributed by atoms with Crippen molar-refractivity contribution in [2.75, 3.05) is 13.2 Å². The maximum Gasteiger partial charge on any atom is 0.322 e. The molecule has 24 heavy (non-hydrogen) atoms. The lowest BCUT2D eigenvalue weighted by molar-refractivity contribution is -0.385. The lowest BCUT2D eigenvalue weighted by Gasteiger charge is -2.17. The van der Waals surface area contributed by atoms with Crippen molar-refractivity contribution in [1.82, 2.24) is 15.1 Å². The van der Waals surface area contributed by atoms with Crippen LogP contribution >= 0.6 is 0 Å². The third-order valence-corrected chi connectivity index (χ3v) is 3.85. The summed E-state index contributed by atoms with van der Waals surface area (Å²) in [6.07, 6.45) is 0.483. The molecule has 0 saturated heterocycles. The van der Waals surface area contributed by atoms with Crippen LogP contribution in [0.2, 0.25) is 0 Å². The van der Waals surface area contributed by atoms with Gasteiger partial charge in [-0.05, 0) is 18.9 Å². The molecule has 0 aliphatic carbocycles. The van der Waals surface area contributed by atoms with E-state index < -0.39 is 10.8 Å². The molecule has 1 unspecified atom stereocenters. The summed E-state index contributed by atoms with van der Waals surface area (Å²) in [6, 6.07) is 9.50. The Labute approximate surface area is 139 Å². The zero-order valence-electron chi connectivity index (χ0n) is 13.6. The summed E-state index contributed by atoms with van der Waals surface area (Å²) in [4.78, 5) is 23.0. The Bertz CT molecular complexity index is 727. The first-order valence-corrected chi connectivity index (χ1v) is 7.57. The van der Waals surface area contributed by atoms with E-state index in [1.165, 1.54) is 18.7 Å². The number of nitrogens with zero attached hydrogens (tertiary/aromatic N) is 3. The van der Waals surface area contributed by atoms with E-state index in [4.69, 9.17) is 0 Å². The van der Waals surface area contributed by atoms with Gasteiger partial charge in [0, 0.05) is 26.1 Å². The lowest BCUT2D eigenvalue weighted by atomic mass is 9.96. The second-order valence-electron chi connectivity index (χ2n) is 5.49. The van der Waals surface area contributed by atoms with Gasteiger partial charge in [0.25, 0.3) is 5.91 Å². The third kappa shape index (κ3) is 3.77. The molecule has 2 N–H and O–H groups in total. The molecule has 0 saturated carbocycles. The minimum atomic E-state index is -0.598. The third-order valence-electron chi connectivity index (χ3n) is 3.85. The number of rotatable bonds is 7. The van der Waals surface area contributed by atoms with Crippen LogP contribution in [0, 0.1) is 17.0 Å². The van der Waals surface area contributed by atoms with Gasteiger partial charge in [-0.25, -0.2) is 0 Å². The smallest absolute Gasteiger partial charge is 0.322 e. The molecular weight excluding hydrogens is 312 g/mol. The van der Waals surface area contributed by atoms with Crippen LogP contribution < -0.4 is 5.32 Å². The van der Waals surface area contributed by atoms with Crippen LogP contribution in [0.5, 0.6) is 0 Å². The topological polar surface area (TPSA) is 110 Å². The predicted octanol–water partition coefficient (Wildman–Crippen LogP) is 1.53. The molecular formula is C16H20N4O4. The molecule has 0 bridgehead atoms. The highest BCUT2D eigenvalue weighted by atomic mass is 16.6. The van der Waals surface area contributed by atoms with E-state index in [0.29, 0.717) is 6.42 Å². The lowest BCUT2D eigenvalue weighted by Crippen LogP contribution is -2.30. The zero-order valence-corrected chi connectivity index (χ0v) is 13.6. The molecule has 0 spiro atoms. The number of nitrogens with one attached hydrogen (secondary N) is 1. The molecule has 2 aromatic rings.